The highest BCUT2D eigenvalue weighted by Gasteiger charge is 2.13. The summed E-state index contributed by atoms with van der Waals surface area (Å²) < 4.78 is 5.36. The molecule has 0 aliphatic carbocycles. The van der Waals surface area contributed by atoms with Gasteiger partial charge in [0.15, 0.2) is 0 Å². The lowest BCUT2D eigenvalue weighted by atomic mass is 10.1. The molecule has 0 amide bonds. The molecule has 1 aromatic carbocycles. The Morgan fingerprint density at radius 2 is 1.90 bits per heavy atom. The molecule has 21 heavy (non-hydrogen) atoms. The largest absolute Gasteiger partial charge is 0.378 e. The van der Waals surface area contributed by atoms with Crippen molar-refractivity contribution in [1.29, 1.82) is 0 Å². The van der Waals surface area contributed by atoms with Crippen LogP contribution in [0, 0.1) is 13.8 Å². The second-order valence-electron chi connectivity index (χ2n) is 5.27. The van der Waals surface area contributed by atoms with Gasteiger partial charge in [0.2, 0.25) is 5.95 Å². The van der Waals surface area contributed by atoms with Gasteiger partial charge in [0.25, 0.3) is 0 Å². The molecule has 1 N–H and O–H groups in total. The monoisotopic (exact) mass is 284 g/mol. The third-order valence-corrected chi connectivity index (χ3v) is 3.72. The van der Waals surface area contributed by atoms with Crippen LogP contribution in [0.3, 0.4) is 0 Å². The smallest absolute Gasteiger partial charge is 0.227 e. The zero-order valence-corrected chi connectivity index (χ0v) is 12.5. The molecule has 110 valence electrons. The average Bonchev–Trinajstić information content (AvgIpc) is 2.52. The maximum atomic E-state index is 5.36. The van der Waals surface area contributed by atoms with Crippen LogP contribution in [0.5, 0.6) is 0 Å². The van der Waals surface area contributed by atoms with E-state index < -0.39 is 0 Å². The van der Waals surface area contributed by atoms with E-state index in [9.17, 15) is 0 Å². The molecule has 0 atom stereocenters. The molecular weight excluding hydrogens is 264 g/mol. The number of ether oxygens (including phenoxy) is 1. The molecule has 2 aromatic rings. The summed E-state index contributed by atoms with van der Waals surface area (Å²) in [6.07, 6.45) is 1.79. The minimum atomic E-state index is 0.734. The first-order valence-electron chi connectivity index (χ1n) is 7.22. The molecule has 2 heterocycles. The molecule has 0 radical (unpaired) electrons. The Labute approximate surface area is 125 Å². The highest BCUT2D eigenvalue weighted by atomic mass is 16.5. The summed E-state index contributed by atoms with van der Waals surface area (Å²) in [4.78, 5) is 11.1. The second-order valence-corrected chi connectivity index (χ2v) is 5.27. The van der Waals surface area contributed by atoms with E-state index in [1.807, 2.05) is 6.07 Å². The van der Waals surface area contributed by atoms with Crippen molar-refractivity contribution in [1.82, 2.24) is 9.97 Å². The summed E-state index contributed by atoms with van der Waals surface area (Å²) in [5.74, 6) is 1.57. The Kier molecular flexibility index (Phi) is 4.01. The number of aromatic nitrogens is 2. The van der Waals surface area contributed by atoms with Crippen molar-refractivity contribution < 1.29 is 4.74 Å². The molecule has 1 aromatic heterocycles. The number of nitrogens with zero attached hydrogens (tertiary/aromatic N) is 3. The molecule has 0 bridgehead atoms. The van der Waals surface area contributed by atoms with Crippen LogP contribution < -0.4 is 10.2 Å². The molecule has 0 unspecified atom stereocenters. The van der Waals surface area contributed by atoms with Gasteiger partial charge in [0.1, 0.15) is 5.82 Å². The zero-order valence-electron chi connectivity index (χ0n) is 12.5. The number of anilines is 3. The molecule has 1 aliphatic heterocycles. The van der Waals surface area contributed by atoms with Crippen LogP contribution in [0.25, 0.3) is 0 Å². The molecule has 1 fully saturated rings. The second kappa shape index (κ2) is 6.10. The van der Waals surface area contributed by atoms with Gasteiger partial charge in [0.05, 0.1) is 13.2 Å². The Balaban J connectivity index is 1.77. The summed E-state index contributed by atoms with van der Waals surface area (Å²) in [7, 11) is 0. The lowest BCUT2D eigenvalue weighted by Gasteiger charge is -2.26. The maximum Gasteiger partial charge on any atom is 0.227 e. The number of hydrogen-bond acceptors (Lipinski definition) is 5. The Hall–Kier alpha value is -2.14. The first-order chi connectivity index (χ1) is 10.2. The number of benzene rings is 1. The van der Waals surface area contributed by atoms with Gasteiger partial charge in [-0.25, -0.2) is 4.98 Å². The molecule has 5 heteroatoms. The highest BCUT2D eigenvalue weighted by molar-refractivity contribution is 5.58. The summed E-state index contributed by atoms with van der Waals surface area (Å²) >= 11 is 0. The number of morpholine rings is 1. The predicted molar refractivity (Wildman–Crippen MR) is 84.3 cm³/mol. The van der Waals surface area contributed by atoms with Crippen molar-refractivity contribution in [2.45, 2.75) is 13.8 Å². The number of rotatable bonds is 3. The van der Waals surface area contributed by atoms with E-state index in [2.05, 4.69) is 52.2 Å². The van der Waals surface area contributed by atoms with E-state index in [-0.39, 0.29) is 0 Å². The van der Waals surface area contributed by atoms with Gasteiger partial charge in [-0.05, 0) is 43.2 Å². The summed E-state index contributed by atoms with van der Waals surface area (Å²) in [6.45, 7) is 7.37. The van der Waals surface area contributed by atoms with Gasteiger partial charge < -0.3 is 15.0 Å². The fourth-order valence-electron chi connectivity index (χ4n) is 2.30. The molecule has 0 saturated carbocycles. The van der Waals surface area contributed by atoms with Crippen LogP contribution in [0.1, 0.15) is 11.1 Å². The first kappa shape index (κ1) is 13.8. The van der Waals surface area contributed by atoms with Crippen molar-refractivity contribution in [2.24, 2.45) is 0 Å². The Morgan fingerprint density at radius 3 is 2.67 bits per heavy atom. The van der Waals surface area contributed by atoms with Crippen LogP contribution in [0.15, 0.2) is 30.5 Å². The number of aryl methyl sites for hydroxylation is 2. The summed E-state index contributed by atoms with van der Waals surface area (Å²) in [5, 5.41) is 3.34. The Morgan fingerprint density at radius 1 is 1.10 bits per heavy atom. The van der Waals surface area contributed by atoms with Crippen molar-refractivity contribution >= 4 is 17.5 Å². The summed E-state index contributed by atoms with van der Waals surface area (Å²) in [6, 6.07) is 8.20. The van der Waals surface area contributed by atoms with E-state index in [0.29, 0.717) is 0 Å². The zero-order chi connectivity index (χ0) is 14.7. The minimum absolute atomic E-state index is 0.734. The topological polar surface area (TPSA) is 50.3 Å². The fraction of sp³-hybridized carbons (Fsp3) is 0.375. The van der Waals surface area contributed by atoms with Gasteiger partial charge in [-0.15, -0.1) is 0 Å². The van der Waals surface area contributed by atoms with Crippen LogP contribution >= 0.6 is 0 Å². The SMILES string of the molecule is Cc1ccc(Nc2ccnc(N3CCOCC3)n2)cc1C. The van der Waals surface area contributed by atoms with Crippen LogP contribution in [-0.2, 0) is 4.74 Å². The highest BCUT2D eigenvalue weighted by Crippen LogP contribution is 2.19. The van der Waals surface area contributed by atoms with E-state index in [1.54, 1.807) is 6.20 Å². The van der Waals surface area contributed by atoms with Gasteiger partial charge >= 0.3 is 0 Å². The van der Waals surface area contributed by atoms with E-state index in [4.69, 9.17) is 4.74 Å². The fourth-order valence-corrected chi connectivity index (χ4v) is 2.30. The standard InChI is InChI=1S/C16H20N4O/c1-12-3-4-14(11-13(12)2)18-15-5-6-17-16(19-15)20-7-9-21-10-8-20/h3-6,11H,7-10H2,1-2H3,(H,17,18,19). The number of nitrogens with one attached hydrogen (secondary N) is 1. The quantitative estimate of drug-likeness (QED) is 0.939. The molecule has 1 saturated heterocycles. The van der Waals surface area contributed by atoms with Crippen LogP contribution in [0.4, 0.5) is 17.5 Å². The van der Waals surface area contributed by atoms with Gasteiger partial charge in [-0.3, -0.25) is 0 Å². The van der Waals surface area contributed by atoms with Crippen molar-refractivity contribution in [3.8, 4) is 0 Å². The van der Waals surface area contributed by atoms with Gasteiger partial charge in [-0.2, -0.15) is 4.98 Å². The predicted octanol–water partition coefficient (Wildman–Crippen LogP) is 2.67. The third-order valence-electron chi connectivity index (χ3n) is 3.72. The van der Waals surface area contributed by atoms with Crippen LogP contribution in [0.2, 0.25) is 0 Å². The minimum Gasteiger partial charge on any atom is -0.378 e. The lowest BCUT2D eigenvalue weighted by Crippen LogP contribution is -2.37. The van der Waals surface area contributed by atoms with E-state index >= 15 is 0 Å². The molecular formula is C16H20N4O. The molecule has 1 aliphatic rings. The first-order valence-corrected chi connectivity index (χ1v) is 7.22. The van der Waals surface area contributed by atoms with Crippen molar-refractivity contribution in [3.05, 3.63) is 41.6 Å². The lowest BCUT2D eigenvalue weighted by molar-refractivity contribution is 0.122. The normalized spacial score (nSPS) is 15.0. The molecule has 3 rings (SSSR count). The maximum absolute atomic E-state index is 5.36. The third kappa shape index (κ3) is 3.31. The number of hydrogen-bond donors (Lipinski definition) is 1. The molecule has 0 spiro atoms. The van der Waals surface area contributed by atoms with Crippen molar-refractivity contribution in [3.63, 3.8) is 0 Å². The Bertz CT molecular complexity index is 623. The van der Waals surface area contributed by atoms with Gasteiger partial charge in [-0.1, -0.05) is 6.07 Å². The van der Waals surface area contributed by atoms with E-state index in [1.165, 1.54) is 11.1 Å². The average molecular weight is 284 g/mol. The van der Waals surface area contributed by atoms with Crippen molar-refractivity contribution in [2.75, 3.05) is 36.5 Å². The summed E-state index contributed by atoms with van der Waals surface area (Å²) in [5.41, 5.74) is 3.60. The van der Waals surface area contributed by atoms with Crippen LogP contribution in [-0.4, -0.2) is 36.3 Å². The van der Waals surface area contributed by atoms with Gasteiger partial charge in [0, 0.05) is 25.0 Å². The van der Waals surface area contributed by atoms with E-state index in [0.717, 1.165) is 43.8 Å². The molecule has 5 nitrogen and oxygen atoms in total.